The molecule has 29 heavy (non-hydrogen) atoms. The van der Waals surface area contributed by atoms with Crippen LogP contribution in [0.1, 0.15) is 52.9 Å². The molecule has 1 aromatic heterocycles. The third-order valence-corrected chi connectivity index (χ3v) is 6.80. The molecule has 2 atom stereocenters. The third kappa shape index (κ3) is 3.62. The fraction of sp³-hybridized carbons (Fsp3) is 0.750. The van der Waals surface area contributed by atoms with Gasteiger partial charge in [-0.25, -0.2) is 9.97 Å². The average molecular weight is 403 g/mol. The van der Waals surface area contributed by atoms with Crippen LogP contribution in [0.3, 0.4) is 0 Å². The highest BCUT2D eigenvalue weighted by molar-refractivity contribution is 5.73. The SMILES string of the molecule is CC1(C)CC2CC(C)(CN2c2ncnc(N3CCC(C(=O)O)CC3)c2[N+](=O)[O-])C1. The van der Waals surface area contributed by atoms with Crippen LogP contribution < -0.4 is 9.80 Å². The predicted molar refractivity (Wildman–Crippen MR) is 108 cm³/mol. The maximum absolute atomic E-state index is 12.1. The van der Waals surface area contributed by atoms with Crippen LogP contribution in [0.4, 0.5) is 17.3 Å². The summed E-state index contributed by atoms with van der Waals surface area (Å²) in [6.07, 6.45) is 5.45. The van der Waals surface area contributed by atoms with Crippen molar-refractivity contribution in [3.63, 3.8) is 0 Å². The van der Waals surface area contributed by atoms with Gasteiger partial charge < -0.3 is 14.9 Å². The molecule has 1 aromatic rings. The number of hydrogen-bond donors (Lipinski definition) is 1. The maximum Gasteiger partial charge on any atom is 0.353 e. The van der Waals surface area contributed by atoms with Crippen molar-refractivity contribution in [1.82, 2.24) is 9.97 Å². The third-order valence-electron chi connectivity index (χ3n) is 6.80. The Labute approximate surface area is 170 Å². The Bertz CT molecular complexity index is 836. The normalized spacial score (nSPS) is 29.1. The summed E-state index contributed by atoms with van der Waals surface area (Å²) in [5, 5.41) is 21.3. The smallest absolute Gasteiger partial charge is 0.353 e. The van der Waals surface area contributed by atoms with Gasteiger partial charge in [-0.3, -0.25) is 14.9 Å². The van der Waals surface area contributed by atoms with Crippen molar-refractivity contribution in [2.75, 3.05) is 29.4 Å². The van der Waals surface area contributed by atoms with Crippen molar-refractivity contribution >= 4 is 23.3 Å². The Morgan fingerprint density at radius 3 is 2.48 bits per heavy atom. The molecule has 1 N–H and O–H groups in total. The van der Waals surface area contributed by atoms with Crippen molar-refractivity contribution in [3.8, 4) is 0 Å². The molecule has 3 fully saturated rings. The molecule has 1 saturated carbocycles. The lowest BCUT2D eigenvalue weighted by Gasteiger charge is -2.39. The van der Waals surface area contributed by atoms with Gasteiger partial charge in [-0.05, 0) is 42.9 Å². The molecule has 0 spiro atoms. The minimum Gasteiger partial charge on any atom is -0.481 e. The Balaban J connectivity index is 1.67. The van der Waals surface area contributed by atoms with Gasteiger partial charge in [-0.15, -0.1) is 0 Å². The van der Waals surface area contributed by atoms with Crippen LogP contribution in [0.5, 0.6) is 0 Å². The molecule has 3 heterocycles. The zero-order valence-corrected chi connectivity index (χ0v) is 17.3. The van der Waals surface area contributed by atoms with E-state index in [0.29, 0.717) is 37.6 Å². The number of carboxylic acids is 1. The van der Waals surface area contributed by atoms with Gasteiger partial charge in [0.1, 0.15) is 6.33 Å². The minimum atomic E-state index is -0.803. The van der Waals surface area contributed by atoms with E-state index in [1.54, 1.807) is 0 Å². The van der Waals surface area contributed by atoms with Gasteiger partial charge in [0.05, 0.1) is 10.8 Å². The monoisotopic (exact) mass is 403 g/mol. The topological polar surface area (TPSA) is 113 Å². The Morgan fingerprint density at radius 1 is 1.21 bits per heavy atom. The molecule has 2 saturated heterocycles. The highest BCUT2D eigenvalue weighted by Crippen LogP contribution is 2.54. The number of rotatable bonds is 4. The lowest BCUT2D eigenvalue weighted by atomic mass is 9.65. The molecule has 9 nitrogen and oxygen atoms in total. The number of nitrogens with zero attached hydrogens (tertiary/aromatic N) is 5. The molecule has 4 rings (SSSR count). The standard InChI is InChI=1S/C20H29N5O4/c1-19(2)8-14-9-20(3,10-19)11-24(14)17-15(25(28)29)16(21-12-22-17)23-6-4-13(5-7-23)18(26)27/h12-14H,4-11H2,1-3H3,(H,26,27). The van der Waals surface area contributed by atoms with E-state index in [4.69, 9.17) is 0 Å². The van der Waals surface area contributed by atoms with Crippen LogP contribution in [-0.4, -0.2) is 51.6 Å². The summed E-state index contributed by atoms with van der Waals surface area (Å²) in [4.78, 5) is 35.6. The first-order valence-corrected chi connectivity index (χ1v) is 10.3. The predicted octanol–water partition coefficient (Wildman–Crippen LogP) is 3.09. The number of carboxylic acid groups (broad SMARTS) is 1. The van der Waals surface area contributed by atoms with Crippen molar-refractivity contribution in [3.05, 3.63) is 16.4 Å². The van der Waals surface area contributed by atoms with Gasteiger partial charge in [0.25, 0.3) is 0 Å². The zero-order chi connectivity index (χ0) is 21.0. The first-order chi connectivity index (χ1) is 13.6. The molecular weight excluding hydrogens is 374 g/mol. The summed E-state index contributed by atoms with van der Waals surface area (Å²) >= 11 is 0. The molecule has 0 aromatic carbocycles. The van der Waals surface area contributed by atoms with Gasteiger partial charge in [0, 0.05) is 25.7 Å². The number of carbonyl (C=O) groups is 1. The Hall–Kier alpha value is -2.45. The van der Waals surface area contributed by atoms with E-state index in [2.05, 4.69) is 35.6 Å². The van der Waals surface area contributed by atoms with Crippen LogP contribution in [0.2, 0.25) is 0 Å². The van der Waals surface area contributed by atoms with Crippen LogP contribution >= 0.6 is 0 Å². The molecule has 9 heteroatoms. The molecule has 2 aliphatic heterocycles. The van der Waals surface area contributed by atoms with Gasteiger partial charge >= 0.3 is 11.7 Å². The summed E-state index contributed by atoms with van der Waals surface area (Å²) < 4.78 is 0. The van der Waals surface area contributed by atoms with E-state index in [0.717, 1.165) is 25.8 Å². The van der Waals surface area contributed by atoms with Crippen molar-refractivity contribution in [2.24, 2.45) is 16.7 Å². The molecule has 2 bridgehead atoms. The summed E-state index contributed by atoms with van der Waals surface area (Å²) in [6.45, 7) is 8.47. The van der Waals surface area contributed by atoms with Crippen molar-refractivity contribution in [1.29, 1.82) is 0 Å². The Kier molecular flexibility index (Phi) is 4.66. The summed E-state index contributed by atoms with van der Waals surface area (Å²) in [6, 6.07) is 0.239. The number of fused-ring (bicyclic) bond motifs is 2. The lowest BCUT2D eigenvalue weighted by molar-refractivity contribution is -0.383. The van der Waals surface area contributed by atoms with E-state index in [1.807, 2.05) is 4.90 Å². The quantitative estimate of drug-likeness (QED) is 0.603. The van der Waals surface area contributed by atoms with Gasteiger partial charge in [0.15, 0.2) is 0 Å². The number of nitro groups is 1. The van der Waals surface area contributed by atoms with Crippen molar-refractivity contribution in [2.45, 2.75) is 58.9 Å². The summed E-state index contributed by atoms with van der Waals surface area (Å²) in [7, 11) is 0. The largest absolute Gasteiger partial charge is 0.481 e. The number of anilines is 2. The molecular formula is C20H29N5O4. The first-order valence-electron chi connectivity index (χ1n) is 10.3. The van der Waals surface area contributed by atoms with E-state index >= 15 is 0 Å². The second-order valence-electron chi connectivity index (χ2n) is 10.1. The van der Waals surface area contributed by atoms with E-state index in [1.165, 1.54) is 6.33 Å². The van der Waals surface area contributed by atoms with Crippen LogP contribution in [0.15, 0.2) is 6.33 Å². The number of hydrogen-bond acceptors (Lipinski definition) is 7. The lowest BCUT2D eigenvalue weighted by Crippen LogP contribution is -2.38. The van der Waals surface area contributed by atoms with E-state index in [-0.39, 0.29) is 27.5 Å². The van der Waals surface area contributed by atoms with E-state index < -0.39 is 11.9 Å². The number of aliphatic carboxylic acids is 1. The van der Waals surface area contributed by atoms with Crippen LogP contribution in [0.25, 0.3) is 0 Å². The molecule has 1 aliphatic carbocycles. The van der Waals surface area contributed by atoms with Gasteiger partial charge in [0.2, 0.25) is 11.6 Å². The maximum atomic E-state index is 12.1. The second-order valence-corrected chi connectivity index (χ2v) is 10.1. The summed E-state index contributed by atoms with van der Waals surface area (Å²) in [5.74, 6) is -0.476. The molecule has 2 unspecified atom stereocenters. The van der Waals surface area contributed by atoms with Gasteiger partial charge in [-0.1, -0.05) is 20.8 Å². The zero-order valence-electron chi connectivity index (χ0n) is 17.3. The van der Waals surface area contributed by atoms with Gasteiger partial charge in [-0.2, -0.15) is 0 Å². The minimum absolute atomic E-state index is 0.0461. The average Bonchev–Trinajstić information content (AvgIpc) is 2.89. The number of piperidine rings is 1. The first kappa shape index (κ1) is 19.8. The molecule has 3 aliphatic rings. The molecule has 0 amide bonds. The highest BCUT2D eigenvalue weighted by atomic mass is 16.6. The Morgan fingerprint density at radius 2 is 1.86 bits per heavy atom. The second kappa shape index (κ2) is 6.81. The fourth-order valence-corrected chi connectivity index (χ4v) is 6.01. The van der Waals surface area contributed by atoms with E-state index in [9.17, 15) is 20.0 Å². The molecule has 0 radical (unpaired) electrons. The molecule has 158 valence electrons. The van der Waals surface area contributed by atoms with Crippen molar-refractivity contribution < 1.29 is 14.8 Å². The fourth-order valence-electron chi connectivity index (χ4n) is 6.01. The van der Waals surface area contributed by atoms with Crippen LogP contribution in [0, 0.1) is 26.9 Å². The highest BCUT2D eigenvalue weighted by Gasteiger charge is 2.51. The summed E-state index contributed by atoms with van der Waals surface area (Å²) in [5.41, 5.74) is 0.288. The van der Waals surface area contributed by atoms with Crippen LogP contribution in [-0.2, 0) is 4.79 Å². The number of aromatic nitrogens is 2.